The first kappa shape index (κ1) is 14.1. The molecule has 0 aromatic heterocycles. The highest BCUT2D eigenvalue weighted by Crippen LogP contribution is 2.23. The van der Waals surface area contributed by atoms with Gasteiger partial charge in [0.1, 0.15) is 6.29 Å². The van der Waals surface area contributed by atoms with Crippen LogP contribution < -0.4 is 4.90 Å². The van der Waals surface area contributed by atoms with Crippen molar-refractivity contribution in [2.24, 2.45) is 0 Å². The monoisotopic (exact) mass is 260 g/mol. The third-order valence-electron chi connectivity index (χ3n) is 4.16. The summed E-state index contributed by atoms with van der Waals surface area (Å²) in [6.45, 7) is 7.75. The molecule has 1 heterocycles. The molecule has 0 amide bonds. The van der Waals surface area contributed by atoms with Crippen LogP contribution in [-0.4, -0.2) is 43.9 Å². The van der Waals surface area contributed by atoms with Gasteiger partial charge in [0.25, 0.3) is 0 Å². The van der Waals surface area contributed by atoms with Gasteiger partial charge in [-0.1, -0.05) is 6.92 Å². The molecule has 0 radical (unpaired) electrons. The number of likely N-dealkylation sites (N-methyl/N-ethyl adjacent to an activating group) is 2. The van der Waals surface area contributed by atoms with Crippen LogP contribution in [0.1, 0.15) is 35.7 Å². The van der Waals surface area contributed by atoms with Gasteiger partial charge < -0.3 is 4.90 Å². The Morgan fingerprint density at radius 1 is 1.47 bits per heavy atom. The Labute approximate surface area is 116 Å². The molecular formula is C16H24N2O. The summed E-state index contributed by atoms with van der Waals surface area (Å²) in [5.41, 5.74) is 3.16. The molecule has 1 aromatic carbocycles. The van der Waals surface area contributed by atoms with Crippen molar-refractivity contribution in [3.05, 3.63) is 29.3 Å². The van der Waals surface area contributed by atoms with Crippen molar-refractivity contribution >= 4 is 12.0 Å². The molecule has 3 nitrogen and oxygen atoms in total. The van der Waals surface area contributed by atoms with Crippen molar-refractivity contribution in [3.63, 3.8) is 0 Å². The molecule has 1 saturated heterocycles. The largest absolute Gasteiger partial charge is 0.373 e. The van der Waals surface area contributed by atoms with E-state index in [0.29, 0.717) is 6.04 Å². The molecule has 2 rings (SSSR count). The standard InChI is InChI=1S/C16H24N2O/c1-4-18-9-5-6-15(18)11-17(3)16-8-7-14(12-19)10-13(16)2/h7-8,10,12,15H,4-6,9,11H2,1-3H3. The van der Waals surface area contributed by atoms with Crippen LogP contribution in [0.2, 0.25) is 0 Å². The zero-order valence-electron chi connectivity index (χ0n) is 12.2. The average Bonchev–Trinajstić information content (AvgIpc) is 2.85. The van der Waals surface area contributed by atoms with Crippen LogP contribution in [0, 0.1) is 6.92 Å². The summed E-state index contributed by atoms with van der Waals surface area (Å²) < 4.78 is 0. The summed E-state index contributed by atoms with van der Waals surface area (Å²) in [6.07, 6.45) is 3.52. The van der Waals surface area contributed by atoms with Crippen LogP contribution in [0.4, 0.5) is 5.69 Å². The van der Waals surface area contributed by atoms with Crippen LogP contribution in [0.5, 0.6) is 0 Å². The Morgan fingerprint density at radius 2 is 2.26 bits per heavy atom. The minimum absolute atomic E-state index is 0.667. The predicted octanol–water partition coefficient (Wildman–Crippen LogP) is 2.73. The Hall–Kier alpha value is -1.35. The zero-order valence-corrected chi connectivity index (χ0v) is 12.2. The number of carbonyl (C=O) groups is 1. The number of hydrogen-bond donors (Lipinski definition) is 0. The molecule has 19 heavy (non-hydrogen) atoms. The zero-order chi connectivity index (χ0) is 13.8. The second kappa shape index (κ2) is 6.20. The SMILES string of the molecule is CCN1CCCC1CN(C)c1ccc(C=O)cc1C. The van der Waals surface area contributed by atoms with Crippen molar-refractivity contribution in [2.75, 3.05) is 31.6 Å². The van der Waals surface area contributed by atoms with Gasteiger partial charge >= 0.3 is 0 Å². The predicted molar refractivity (Wildman–Crippen MR) is 80.1 cm³/mol. The molecule has 1 atom stereocenters. The normalized spacial score (nSPS) is 19.6. The molecule has 0 aliphatic carbocycles. The van der Waals surface area contributed by atoms with E-state index in [1.54, 1.807) is 0 Å². The average molecular weight is 260 g/mol. The van der Waals surface area contributed by atoms with E-state index in [1.165, 1.54) is 30.6 Å². The quantitative estimate of drug-likeness (QED) is 0.761. The number of nitrogens with zero attached hydrogens (tertiary/aromatic N) is 2. The van der Waals surface area contributed by atoms with Crippen LogP contribution in [0.25, 0.3) is 0 Å². The first-order chi connectivity index (χ1) is 9.15. The molecular weight excluding hydrogens is 236 g/mol. The lowest BCUT2D eigenvalue weighted by molar-refractivity contribution is 0.112. The Kier molecular flexibility index (Phi) is 4.59. The first-order valence-corrected chi connectivity index (χ1v) is 7.16. The molecule has 0 bridgehead atoms. The van der Waals surface area contributed by atoms with E-state index in [2.05, 4.69) is 36.8 Å². The number of anilines is 1. The molecule has 0 N–H and O–H groups in total. The lowest BCUT2D eigenvalue weighted by Crippen LogP contribution is -2.38. The minimum Gasteiger partial charge on any atom is -0.373 e. The number of hydrogen-bond acceptors (Lipinski definition) is 3. The molecule has 0 saturated carbocycles. The van der Waals surface area contributed by atoms with Crippen LogP contribution in [0.3, 0.4) is 0 Å². The summed E-state index contributed by atoms with van der Waals surface area (Å²) in [5, 5.41) is 0. The summed E-state index contributed by atoms with van der Waals surface area (Å²) in [7, 11) is 2.15. The van der Waals surface area contributed by atoms with Crippen LogP contribution >= 0.6 is 0 Å². The van der Waals surface area contributed by atoms with E-state index in [0.717, 1.165) is 24.9 Å². The van der Waals surface area contributed by atoms with Gasteiger partial charge in [-0.05, 0) is 56.6 Å². The number of aldehydes is 1. The Bertz CT molecular complexity index is 444. The second-order valence-electron chi connectivity index (χ2n) is 5.47. The molecule has 1 fully saturated rings. The van der Waals surface area contributed by atoms with Gasteiger partial charge in [0, 0.05) is 30.9 Å². The van der Waals surface area contributed by atoms with Crippen LogP contribution in [0.15, 0.2) is 18.2 Å². The van der Waals surface area contributed by atoms with Gasteiger partial charge in [0.2, 0.25) is 0 Å². The van der Waals surface area contributed by atoms with Crippen molar-refractivity contribution in [2.45, 2.75) is 32.7 Å². The topological polar surface area (TPSA) is 23.6 Å². The minimum atomic E-state index is 0.667. The number of carbonyl (C=O) groups excluding carboxylic acids is 1. The van der Waals surface area contributed by atoms with Crippen molar-refractivity contribution < 1.29 is 4.79 Å². The van der Waals surface area contributed by atoms with Gasteiger partial charge in [0.15, 0.2) is 0 Å². The first-order valence-electron chi connectivity index (χ1n) is 7.16. The van der Waals surface area contributed by atoms with Crippen molar-refractivity contribution in [1.29, 1.82) is 0 Å². The highest BCUT2D eigenvalue weighted by Gasteiger charge is 2.24. The summed E-state index contributed by atoms with van der Waals surface area (Å²) >= 11 is 0. The van der Waals surface area contributed by atoms with E-state index in [4.69, 9.17) is 0 Å². The molecule has 1 aliphatic heterocycles. The van der Waals surface area contributed by atoms with Crippen molar-refractivity contribution in [1.82, 2.24) is 4.90 Å². The number of benzene rings is 1. The maximum Gasteiger partial charge on any atom is 0.150 e. The summed E-state index contributed by atoms with van der Waals surface area (Å²) in [5.74, 6) is 0. The van der Waals surface area contributed by atoms with Gasteiger partial charge in [0.05, 0.1) is 0 Å². The number of aryl methyl sites for hydroxylation is 1. The highest BCUT2D eigenvalue weighted by atomic mass is 16.1. The Balaban J connectivity index is 2.07. The molecule has 3 heteroatoms. The summed E-state index contributed by atoms with van der Waals surface area (Å²) in [6, 6.07) is 6.59. The van der Waals surface area contributed by atoms with Gasteiger partial charge in [-0.25, -0.2) is 0 Å². The fourth-order valence-electron chi connectivity index (χ4n) is 3.11. The van der Waals surface area contributed by atoms with E-state index in [9.17, 15) is 4.79 Å². The number of likely N-dealkylation sites (tertiary alicyclic amines) is 1. The third-order valence-corrected chi connectivity index (χ3v) is 4.16. The van der Waals surface area contributed by atoms with E-state index < -0.39 is 0 Å². The fraction of sp³-hybridized carbons (Fsp3) is 0.562. The van der Waals surface area contributed by atoms with Gasteiger partial charge in [-0.3, -0.25) is 9.69 Å². The Morgan fingerprint density at radius 3 is 2.89 bits per heavy atom. The molecule has 0 spiro atoms. The molecule has 1 unspecified atom stereocenters. The van der Waals surface area contributed by atoms with Gasteiger partial charge in [-0.15, -0.1) is 0 Å². The van der Waals surface area contributed by atoms with Gasteiger partial charge in [-0.2, -0.15) is 0 Å². The van der Waals surface area contributed by atoms with Crippen molar-refractivity contribution in [3.8, 4) is 0 Å². The van der Waals surface area contributed by atoms with E-state index >= 15 is 0 Å². The molecule has 1 aliphatic rings. The maximum atomic E-state index is 10.8. The van der Waals surface area contributed by atoms with Crippen LogP contribution in [-0.2, 0) is 0 Å². The lowest BCUT2D eigenvalue weighted by atomic mass is 10.1. The third kappa shape index (κ3) is 3.16. The number of rotatable bonds is 5. The fourth-order valence-corrected chi connectivity index (χ4v) is 3.11. The maximum absolute atomic E-state index is 10.8. The van der Waals surface area contributed by atoms with E-state index in [1.807, 2.05) is 12.1 Å². The summed E-state index contributed by atoms with van der Waals surface area (Å²) in [4.78, 5) is 15.7. The molecule has 104 valence electrons. The highest BCUT2D eigenvalue weighted by molar-refractivity contribution is 5.76. The molecule has 1 aromatic rings. The lowest BCUT2D eigenvalue weighted by Gasteiger charge is -2.30. The van der Waals surface area contributed by atoms with E-state index in [-0.39, 0.29) is 0 Å². The smallest absolute Gasteiger partial charge is 0.150 e. The second-order valence-corrected chi connectivity index (χ2v) is 5.47.